The van der Waals surface area contributed by atoms with Crippen LogP contribution in [0.15, 0.2) is 11.4 Å². The van der Waals surface area contributed by atoms with Crippen molar-refractivity contribution in [3.05, 3.63) is 11.9 Å². The molecule has 4 nitrogen and oxygen atoms in total. The van der Waals surface area contributed by atoms with E-state index in [-0.39, 0.29) is 0 Å². The molecule has 0 radical (unpaired) electrons. The van der Waals surface area contributed by atoms with Crippen molar-refractivity contribution in [3.63, 3.8) is 0 Å². The summed E-state index contributed by atoms with van der Waals surface area (Å²) in [6, 6.07) is 0. The minimum atomic E-state index is 0.760. The topological polar surface area (TPSA) is 63.8 Å². The molecule has 1 heterocycles. The molecule has 0 bridgehead atoms. The minimum absolute atomic E-state index is 0.760. The third kappa shape index (κ3) is 3.64. The van der Waals surface area contributed by atoms with Gasteiger partial charge in [-0.2, -0.15) is 0 Å². The molecule has 5 heteroatoms. The summed E-state index contributed by atoms with van der Waals surface area (Å²) in [5.74, 6) is 7.32. The zero-order valence-corrected chi connectivity index (χ0v) is 10.8. The molecule has 0 amide bonds. The highest BCUT2D eigenvalue weighted by Gasteiger charge is 2.09. The predicted octanol–water partition coefficient (Wildman–Crippen LogP) is 2.61. The smallest absolute Gasteiger partial charge is 0.147 e. The second kappa shape index (κ2) is 7.46. The number of unbranched alkanes of at least 4 members (excludes halogenated alkanes) is 1. The molecule has 0 aromatic carbocycles. The van der Waals surface area contributed by atoms with Crippen LogP contribution >= 0.6 is 11.8 Å². The van der Waals surface area contributed by atoms with Crippen molar-refractivity contribution in [1.82, 2.24) is 9.97 Å². The van der Waals surface area contributed by atoms with Gasteiger partial charge in [0, 0.05) is 5.56 Å². The maximum atomic E-state index is 5.46. The van der Waals surface area contributed by atoms with Gasteiger partial charge >= 0.3 is 0 Å². The van der Waals surface area contributed by atoms with Crippen LogP contribution in [0.3, 0.4) is 0 Å². The molecule has 0 fully saturated rings. The molecule has 0 atom stereocenters. The standard InChI is InChI=1S/C11H20N4S/c1-3-5-7-16-11-9(6-4-2)10(15-12)13-8-14-11/h8H,3-7,12H2,1-2H3,(H,13,14,15). The Labute approximate surface area is 101 Å². The van der Waals surface area contributed by atoms with Gasteiger partial charge in [0.1, 0.15) is 17.2 Å². The molecule has 0 spiro atoms. The summed E-state index contributed by atoms with van der Waals surface area (Å²) >= 11 is 1.79. The molecular formula is C11H20N4S. The average Bonchev–Trinajstić information content (AvgIpc) is 2.31. The van der Waals surface area contributed by atoms with E-state index in [1.54, 1.807) is 18.1 Å². The molecule has 1 aromatic rings. The van der Waals surface area contributed by atoms with Crippen molar-refractivity contribution < 1.29 is 0 Å². The Hall–Kier alpha value is -0.810. The molecule has 0 saturated carbocycles. The van der Waals surface area contributed by atoms with E-state index in [0.29, 0.717) is 0 Å². The lowest BCUT2D eigenvalue weighted by Gasteiger charge is -2.10. The minimum Gasteiger partial charge on any atom is -0.308 e. The van der Waals surface area contributed by atoms with Crippen LogP contribution < -0.4 is 11.3 Å². The van der Waals surface area contributed by atoms with Crippen LogP contribution in [0.5, 0.6) is 0 Å². The van der Waals surface area contributed by atoms with Crippen molar-refractivity contribution in [1.29, 1.82) is 0 Å². The van der Waals surface area contributed by atoms with Crippen LogP contribution in [0.25, 0.3) is 0 Å². The number of hydrogen-bond donors (Lipinski definition) is 2. The van der Waals surface area contributed by atoms with Crippen molar-refractivity contribution in [2.75, 3.05) is 11.2 Å². The lowest BCUT2D eigenvalue weighted by Crippen LogP contribution is -2.12. The number of thioether (sulfide) groups is 1. The highest BCUT2D eigenvalue weighted by Crippen LogP contribution is 2.26. The van der Waals surface area contributed by atoms with Crippen LogP contribution in [0.1, 0.15) is 38.7 Å². The largest absolute Gasteiger partial charge is 0.308 e. The molecular weight excluding hydrogens is 220 g/mol. The van der Waals surface area contributed by atoms with Gasteiger partial charge in [-0.25, -0.2) is 15.8 Å². The van der Waals surface area contributed by atoms with E-state index in [0.717, 1.165) is 35.0 Å². The fourth-order valence-corrected chi connectivity index (χ4v) is 2.55. The lowest BCUT2D eigenvalue weighted by molar-refractivity contribution is 0.851. The molecule has 1 aromatic heterocycles. The summed E-state index contributed by atoms with van der Waals surface area (Å²) in [4.78, 5) is 8.48. The third-order valence-electron chi connectivity index (χ3n) is 2.28. The summed E-state index contributed by atoms with van der Waals surface area (Å²) in [7, 11) is 0. The molecule has 1 rings (SSSR count). The Morgan fingerprint density at radius 2 is 2.12 bits per heavy atom. The van der Waals surface area contributed by atoms with Gasteiger partial charge < -0.3 is 5.43 Å². The van der Waals surface area contributed by atoms with E-state index < -0.39 is 0 Å². The zero-order chi connectivity index (χ0) is 11.8. The first kappa shape index (κ1) is 13.3. The Kier molecular flexibility index (Phi) is 6.18. The number of nitrogen functional groups attached to an aromatic ring is 1. The fraction of sp³-hybridized carbons (Fsp3) is 0.636. The molecule has 0 unspecified atom stereocenters. The van der Waals surface area contributed by atoms with Gasteiger partial charge in [0.2, 0.25) is 0 Å². The fourth-order valence-electron chi connectivity index (χ4n) is 1.43. The second-order valence-corrected chi connectivity index (χ2v) is 4.69. The third-order valence-corrected chi connectivity index (χ3v) is 3.40. The quantitative estimate of drug-likeness (QED) is 0.252. The number of anilines is 1. The van der Waals surface area contributed by atoms with Crippen LogP contribution in [-0.4, -0.2) is 15.7 Å². The van der Waals surface area contributed by atoms with Gasteiger partial charge in [-0.15, -0.1) is 11.8 Å². The summed E-state index contributed by atoms with van der Waals surface area (Å²) in [5.41, 5.74) is 3.79. The molecule has 0 aliphatic heterocycles. The molecule has 3 N–H and O–H groups in total. The summed E-state index contributed by atoms with van der Waals surface area (Å²) in [6.45, 7) is 4.34. The van der Waals surface area contributed by atoms with Gasteiger partial charge in [0.05, 0.1) is 0 Å². The predicted molar refractivity (Wildman–Crippen MR) is 69.5 cm³/mol. The van der Waals surface area contributed by atoms with Crippen LogP contribution in [0, 0.1) is 0 Å². The van der Waals surface area contributed by atoms with E-state index >= 15 is 0 Å². The Balaban J connectivity index is 2.79. The number of aromatic nitrogens is 2. The van der Waals surface area contributed by atoms with E-state index in [2.05, 4.69) is 29.2 Å². The Morgan fingerprint density at radius 1 is 1.31 bits per heavy atom. The Morgan fingerprint density at radius 3 is 2.75 bits per heavy atom. The van der Waals surface area contributed by atoms with Crippen LogP contribution in [0.4, 0.5) is 5.82 Å². The van der Waals surface area contributed by atoms with Crippen molar-refractivity contribution in [2.45, 2.75) is 44.6 Å². The van der Waals surface area contributed by atoms with Crippen LogP contribution in [0.2, 0.25) is 0 Å². The molecule has 0 aliphatic carbocycles. The summed E-state index contributed by atoms with van der Waals surface area (Å²) < 4.78 is 0. The Bertz CT molecular complexity index is 317. The average molecular weight is 240 g/mol. The SMILES string of the molecule is CCCCSc1ncnc(NN)c1CCC. The molecule has 16 heavy (non-hydrogen) atoms. The number of rotatable bonds is 7. The van der Waals surface area contributed by atoms with Crippen LogP contribution in [-0.2, 0) is 6.42 Å². The van der Waals surface area contributed by atoms with E-state index in [9.17, 15) is 0 Å². The van der Waals surface area contributed by atoms with E-state index in [1.165, 1.54) is 12.8 Å². The van der Waals surface area contributed by atoms with E-state index in [4.69, 9.17) is 5.84 Å². The number of hydrazine groups is 1. The monoisotopic (exact) mass is 240 g/mol. The number of hydrogen-bond acceptors (Lipinski definition) is 5. The van der Waals surface area contributed by atoms with Gasteiger partial charge in [-0.1, -0.05) is 26.7 Å². The van der Waals surface area contributed by atoms with Gasteiger partial charge in [0.25, 0.3) is 0 Å². The highest BCUT2D eigenvalue weighted by atomic mass is 32.2. The van der Waals surface area contributed by atoms with Crippen molar-refractivity contribution in [3.8, 4) is 0 Å². The van der Waals surface area contributed by atoms with Crippen molar-refractivity contribution in [2.24, 2.45) is 5.84 Å². The van der Waals surface area contributed by atoms with Gasteiger partial charge in [0.15, 0.2) is 0 Å². The second-order valence-electron chi connectivity index (χ2n) is 3.60. The normalized spacial score (nSPS) is 10.4. The first-order valence-electron chi connectivity index (χ1n) is 5.76. The maximum Gasteiger partial charge on any atom is 0.147 e. The number of nitrogens with one attached hydrogen (secondary N) is 1. The van der Waals surface area contributed by atoms with Crippen molar-refractivity contribution >= 4 is 17.6 Å². The van der Waals surface area contributed by atoms with E-state index in [1.807, 2.05) is 0 Å². The lowest BCUT2D eigenvalue weighted by atomic mass is 10.2. The highest BCUT2D eigenvalue weighted by molar-refractivity contribution is 7.99. The molecule has 0 saturated heterocycles. The van der Waals surface area contributed by atoms with Gasteiger partial charge in [-0.3, -0.25) is 0 Å². The first-order valence-corrected chi connectivity index (χ1v) is 6.75. The van der Waals surface area contributed by atoms with Gasteiger partial charge in [-0.05, 0) is 18.6 Å². The maximum absolute atomic E-state index is 5.46. The summed E-state index contributed by atoms with van der Waals surface area (Å²) in [5, 5.41) is 1.07. The zero-order valence-electron chi connectivity index (χ0n) is 9.99. The summed E-state index contributed by atoms with van der Waals surface area (Å²) in [6.07, 6.45) is 6.04. The number of nitrogens with two attached hydrogens (primary N) is 1. The first-order chi connectivity index (χ1) is 7.83. The molecule has 0 aliphatic rings. The number of nitrogens with zero attached hydrogens (tertiary/aromatic N) is 2. The molecule has 90 valence electrons.